The van der Waals surface area contributed by atoms with E-state index in [2.05, 4.69) is 22.1 Å². The molecule has 0 aromatic carbocycles. The summed E-state index contributed by atoms with van der Waals surface area (Å²) in [6.45, 7) is 4.07. The van der Waals surface area contributed by atoms with E-state index in [0.717, 1.165) is 19.3 Å². The maximum atomic E-state index is 12.8. The average molecular weight is 235 g/mol. The first-order chi connectivity index (χ1) is 6.99. The van der Waals surface area contributed by atoms with Gasteiger partial charge in [0.1, 0.15) is 5.82 Å². The van der Waals surface area contributed by atoms with Gasteiger partial charge in [-0.2, -0.15) is 13.9 Å². The molecule has 0 fully saturated rings. The molecule has 0 radical (unpaired) electrons. The Bertz CT molecular complexity index is 309. The van der Waals surface area contributed by atoms with Crippen LogP contribution in [0.15, 0.2) is 0 Å². The number of hydrogen-bond acceptors (Lipinski definition) is 2. The minimum absolute atomic E-state index is 0.198. The molecule has 1 aromatic heterocycles. The summed E-state index contributed by atoms with van der Waals surface area (Å²) in [4.78, 5) is 3.83. The molecule has 15 heavy (non-hydrogen) atoms. The van der Waals surface area contributed by atoms with Crippen LogP contribution in [-0.4, -0.2) is 15.2 Å². The van der Waals surface area contributed by atoms with Gasteiger partial charge in [-0.1, -0.05) is 29.5 Å². The van der Waals surface area contributed by atoms with E-state index in [9.17, 15) is 8.78 Å². The van der Waals surface area contributed by atoms with Gasteiger partial charge >= 0.3 is 5.66 Å². The van der Waals surface area contributed by atoms with Gasteiger partial charge in [0.15, 0.2) is 0 Å². The highest BCUT2D eigenvalue weighted by Gasteiger charge is 2.30. The third-order valence-corrected chi connectivity index (χ3v) is 2.58. The van der Waals surface area contributed by atoms with Gasteiger partial charge in [0.2, 0.25) is 5.82 Å². The normalized spacial score (nSPS) is 14.2. The fourth-order valence-electron chi connectivity index (χ4n) is 1.49. The summed E-state index contributed by atoms with van der Waals surface area (Å²) in [5, 5.41) is 6.13. The molecule has 1 heterocycles. The molecule has 3 nitrogen and oxygen atoms in total. The quantitative estimate of drug-likeness (QED) is 0.797. The Balaban J connectivity index is 2.82. The third kappa shape index (κ3) is 3.20. The molecule has 0 spiro atoms. The first-order valence-corrected chi connectivity index (χ1v) is 5.66. The first-order valence-electron chi connectivity index (χ1n) is 5.08. The van der Waals surface area contributed by atoms with Crippen LogP contribution in [0.25, 0.3) is 0 Å². The smallest absolute Gasteiger partial charge is 0.263 e. The van der Waals surface area contributed by atoms with Crippen molar-refractivity contribution in [2.45, 2.75) is 44.7 Å². The molecule has 0 aliphatic rings. The summed E-state index contributed by atoms with van der Waals surface area (Å²) >= 11 is 0. The van der Waals surface area contributed by atoms with E-state index in [-0.39, 0.29) is 5.92 Å². The van der Waals surface area contributed by atoms with Crippen LogP contribution in [0, 0.1) is 0 Å². The zero-order chi connectivity index (χ0) is 11.5. The number of H-pyrrole nitrogens is 1. The van der Waals surface area contributed by atoms with E-state index in [0.29, 0.717) is 5.82 Å². The number of nitrogens with zero attached hydrogens (tertiary/aromatic N) is 2. The highest BCUT2D eigenvalue weighted by molar-refractivity contribution is 7.17. The molecular weight excluding hydrogens is 219 g/mol. The zero-order valence-corrected chi connectivity index (χ0v) is 10.1. The lowest BCUT2D eigenvalue weighted by atomic mass is 10.0. The van der Waals surface area contributed by atoms with Gasteiger partial charge in [-0.25, -0.2) is 4.98 Å². The number of hydrogen-bond donors (Lipinski definition) is 1. The second kappa shape index (κ2) is 4.97. The predicted octanol–water partition coefficient (Wildman–Crippen LogP) is 3.02. The van der Waals surface area contributed by atoms with Gasteiger partial charge in [0.05, 0.1) is 0 Å². The van der Waals surface area contributed by atoms with E-state index in [1.54, 1.807) is 0 Å². The molecule has 2 unspecified atom stereocenters. The van der Waals surface area contributed by atoms with Crippen LogP contribution in [0.4, 0.5) is 8.78 Å². The topological polar surface area (TPSA) is 41.6 Å². The van der Waals surface area contributed by atoms with Crippen molar-refractivity contribution >= 4 is 9.24 Å². The largest absolute Gasteiger partial charge is 0.318 e. The Morgan fingerprint density at radius 3 is 2.53 bits per heavy atom. The molecule has 1 aromatic rings. The van der Waals surface area contributed by atoms with Crippen molar-refractivity contribution in [3.63, 3.8) is 0 Å². The Labute approximate surface area is 90.3 Å². The lowest BCUT2D eigenvalue weighted by Gasteiger charge is -2.09. The summed E-state index contributed by atoms with van der Waals surface area (Å²) in [5.41, 5.74) is -3.04. The van der Waals surface area contributed by atoms with E-state index >= 15 is 0 Å². The van der Waals surface area contributed by atoms with Gasteiger partial charge in [0.25, 0.3) is 0 Å². The van der Waals surface area contributed by atoms with Crippen molar-refractivity contribution in [3.05, 3.63) is 11.6 Å². The van der Waals surface area contributed by atoms with E-state index < -0.39 is 11.5 Å². The second-order valence-electron chi connectivity index (χ2n) is 3.56. The summed E-state index contributed by atoms with van der Waals surface area (Å²) < 4.78 is 25.7. The molecular formula is C9H16F2N3P. The molecule has 86 valence electrons. The minimum atomic E-state index is -3.04. The number of rotatable bonds is 5. The van der Waals surface area contributed by atoms with Gasteiger partial charge in [0, 0.05) is 5.92 Å². The lowest BCUT2D eigenvalue weighted by molar-refractivity contribution is 0.0934. The number of alkyl halides is 2. The number of nitrogens with one attached hydrogen (secondary N) is 1. The Morgan fingerprint density at radius 1 is 1.47 bits per heavy atom. The Hall–Kier alpha value is -0.570. The standard InChI is InChI=1S/C9H16F2N3P/c1-3-5-6(4-2)7-12-8(14-13-7)9(10,11)15/h6H,3-5,15H2,1-2H3,(H,12,13,14). The van der Waals surface area contributed by atoms with Crippen molar-refractivity contribution in [1.29, 1.82) is 0 Å². The summed E-state index contributed by atoms with van der Waals surface area (Å²) in [5.74, 6) is 0.317. The monoisotopic (exact) mass is 235 g/mol. The van der Waals surface area contributed by atoms with E-state index in [4.69, 9.17) is 0 Å². The second-order valence-corrected chi connectivity index (χ2v) is 4.29. The van der Waals surface area contributed by atoms with Gasteiger partial charge in [-0.15, -0.1) is 0 Å². The van der Waals surface area contributed by atoms with Crippen LogP contribution in [0.5, 0.6) is 0 Å². The number of aromatic amines is 1. The van der Waals surface area contributed by atoms with Crippen LogP contribution in [0.3, 0.4) is 0 Å². The Kier molecular flexibility index (Phi) is 4.14. The molecule has 0 aliphatic carbocycles. The maximum absolute atomic E-state index is 12.8. The van der Waals surface area contributed by atoms with E-state index in [1.807, 2.05) is 6.92 Å². The van der Waals surface area contributed by atoms with Gasteiger partial charge in [-0.3, -0.25) is 5.10 Å². The van der Waals surface area contributed by atoms with Crippen LogP contribution in [0.2, 0.25) is 0 Å². The molecule has 1 rings (SSSR count). The molecule has 2 atom stereocenters. The molecule has 0 saturated carbocycles. The van der Waals surface area contributed by atoms with Gasteiger partial charge in [-0.05, 0) is 12.8 Å². The summed E-state index contributed by atoms with van der Waals surface area (Å²) in [6, 6.07) is 0. The van der Waals surface area contributed by atoms with E-state index in [1.165, 1.54) is 9.24 Å². The van der Waals surface area contributed by atoms with Crippen LogP contribution < -0.4 is 0 Å². The first kappa shape index (κ1) is 12.5. The average Bonchev–Trinajstić information content (AvgIpc) is 2.62. The highest BCUT2D eigenvalue weighted by Crippen LogP contribution is 2.33. The van der Waals surface area contributed by atoms with Crippen molar-refractivity contribution < 1.29 is 8.78 Å². The fourth-order valence-corrected chi connectivity index (χ4v) is 1.62. The molecule has 1 N–H and O–H groups in total. The maximum Gasteiger partial charge on any atom is 0.318 e. The summed E-state index contributed by atoms with van der Waals surface area (Å²) in [6.07, 6.45) is 2.82. The van der Waals surface area contributed by atoms with Crippen LogP contribution in [-0.2, 0) is 5.66 Å². The predicted molar refractivity (Wildman–Crippen MR) is 57.9 cm³/mol. The van der Waals surface area contributed by atoms with Crippen LogP contribution >= 0.6 is 9.24 Å². The highest BCUT2D eigenvalue weighted by atomic mass is 31.0. The number of aromatic nitrogens is 3. The van der Waals surface area contributed by atoms with Crippen LogP contribution in [0.1, 0.15) is 50.7 Å². The van der Waals surface area contributed by atoms with Crippen molar-refractivity contribution in [2.24, 2.45) is 0 Å². The summed E-state index contributed by atoms with van der Waals surface area (Å²) in [7, 11) is 1.44. The molecule has 0 amide bonds. The molecule has 0 bridgehead atoms. The molecule has 0 aliphatic heterocycles. The minimum Gasteiger partial charge on any atom is -0.263 e. The van der Waals surface area contributed by atoms with Crippen molar-refractivity contribution in [3.8, 4) is 0 Å². The van der Waals surface area contributed by atoms with Crippen molar-refractivity contribution in [2.75, 3.05) is 0 Å². The Morgan fingerprint density at radius 2 is 2.13 bits per heavy atom. The molecule has 6 heteroatoms. The van der Waals surface area contributed by atoms with Crippen molar-refractivity contribution in [1.82, 2.24) is 15.2 Å². The third-order valence-electron chi connectivity index (χ3n) is 2.32. The molecule has 0 saturated heterocycles. The fraction of sp³-hybridized carbons (Fsp3) is 0.778. The number of halogens is 2. The van der Waals surface area contributed by atoms with Gasteiger partial charge < -0.3 is 0 Å². The zero-order valence-electron chi connectivity index (χ0n) is 8.93. The SMILES string of the molecule is CCCC(CC)c1nc(C(F)(F)P)n[nH]1. The lowest BCUT2D eigenvalue weighted by Crippen LogP contribution is -2.05.